The Labute approximate surface area is 140 Å². The molecule has 3 aromatic rings. The van der Waals surface area contributed by atoms with Crippen LogP contribution in [0.15, 0.2) is 60.9 Å². The maximum Gasteiger partial charge on any atom is 0.222 e. The van der Waals surface area contributed by atoms with Crippen LogP contribution in [-0.4, -0.2) is 27.9 Å². The lowest BCUT2D eigenvalue weighted by Gasteiger charge is -2.37. The summed E-state index contributed by atoms with van der Waals surface area (Å²) >= 11 is 0. The number of aromatic nitrogens is 3. The van der Waals surface area contributed by atoms with E-state index in [-0.39, 0.29) is 18.1 Å². The number of nitrogens with two attached hydrogens (primary N) is 1. The average molecular weight is 321 g/mol. The highest BCUT2D eigenvalue weighted by molar-refractivity contribution is 5.41. The van der Waals surface area contributed by atoms with Crippen molar-refractivity contribution in [2.45, 2.75) is 18.1 Å². The molecule has 24 heavy (non-hydrogen) atoms. The van der Waals surface area contributed by atoms with Gasteiger partial charge in [0.2, 0.25) is 5.95 Å². The minimum atomic E-state index is -0.185. The molecule has 0 unspecified atom stereocenters. The molecule has 3 atom stereocenters. The maximum atomic E-state index is 6.65. The van der Waals surface area contributed by atoms with Crippen LogP contribution in [0.1, 0.15) is 23.2 Å². The van der Waals surface area contributed by atoms with Crippen molar-refractivity contribution in [2.24, 2.45) is 5.73 Å². The van der Waals surface area contributed by atoms with Crippen molar-refractivity contribution in [1.29, 1.82) is 0 Å². The topological polar surface area (TPSA) is 78.0 Å². The lowest BCUT2D eigenvalue weighted by Crippen LogP contribution is -2.46. The van der Waals surface area contributed by atoms with Crippen molar-refractivity contribution in [3.05, 3.63) is 72.1 Å². The van der Waals surface area contributed by atoms with E-state index in [0.29, 0.717) is 0 Å². The van der Waals surface area contributed by atoms with Gasteiger partial charge in [0.15, 0.2) is 0 Å². The highest BCUT2D eigenvalue weighted by atomic mass is 16.5. The van der Waals surface area contributed by atoms with E-state index in [4.69, 9.17) is 10.5 Å². The van der Waals surface area contributed by atoms with Crippen molar-refractivity contribution in [1.82, 2.24) is 14.8 Å². The van der Waals surface area contributed by atoms with Gasteiger partial charge in [-0.2, -0.15) is 10.1 Å². The van der Waals surface area contributed by atoms with Gasteiger partial charge >= 0.3 is 0 Å². The standard InChI is InChI=1S/C18H19N5O/c1-24-14-9-7-13(8-10-14)17-15(19)16(12-5-3-2-4-6-12)22-18-20-11-21-23(17)18/h2-11,15-17H,19H2,1H3,(H,20,21,22)/t15-,16-,17+/m0/s1. The fourth-order valence-corrected chi connectivity index (χ4v) is 3.27. The van der Waals surface area contributed by atoms with E-state index in [1.807, 2.05) is 47.1 Å². The first-order valence-electron chi connectivity index (χ1n) is 7.88. The molecule has 0 aliphatic carbocycles. The predicted molar refractivity (Wildman–Crippen MR) is 91.9 cm³/mol. The molecule has 0 amide bonds. The van der Waals surface area contributed by atoms with Gasteiger partial charge < -0.3 is 15.8 Å². The van der Waals surface area contributed by atoms with Crippen LogP contribution in [0, 0.1) is 0 Å². The first-order chi connectivity index (χ1) is 11.8. The minimum Gasteiger partial charge on any atom is -0.497 e. The number of ether oxygens (including phenoxy) is 1. The third kappa shape index (κ3) is 2.41. The second kappa shape index (κ2) is 5.98. The third-order valence-corrected chi connectivity index (χ3v) is 4.49. The molecule has 1 aliphatic rings. The van der Waals surface area contributed by atoms with E-state index in [1.54, 1.807) is 13.4 Å². The number of nitrogens with one attached hydrogen (secondary N) is 1. The number of rotatable bonds is 3. The molecule has 0 saturated carbocycles. The summed E-state index contributed by atoms with van der Waals surface area (Å²) in [5.74, 6) is 1.55. The molecule has 0 saturated heterocycles. The van der Waals surface area contributed by atoms with Crippen LogP contribution in [0.5, 0.6) is 5.75 Å². The van der Waals surface area contributed by atoms with Crippen molar-refractivity contribution < 1.29 is 4.74 Å². The van der Waals surface area contributed by atoms with Crippen molar-refractivity contribution in [3.63, 3.8) is 0 Å². The number of hydrogen-bond acceptors (Lipinski definition) is 5. The van der Waals surface area contributed by atoms with Crippen LogP contribution in [0.4, 0.5) is 5.95 Å². The van der Waals surface area contributed by atoms with E-state index in [1.165, 1.54) is 0 Å². The fraction of sp³-hybridized carbons (Fsp3) is 0.222. The number of hydrogen-bond donors (Lipinski definition) is 2. The molecule has 2 heterocycles. The van der Waals surface area contributed by atoms with E-state index in [9.17, 15) is 0 Å². The van der Waals surface area contributed by atoms with Gasteiger partial charge in [-0.05, 0) is 23.3 Å². The summed E-state index contributed by atoms with van der Waals surface area (Å²) in [5, 5.41) is 7.77. The quantitative estimate of drug-likeness (QED) is 0.774. The number of fused-ring (bicyclic) bond motifs is 1. The van der Waals surface area contributed by atoms with Gasteiger partial charge in [-0.25, -0.2) is 4.68 Å². The molecule has 0 radical (unpaired) electrons. The Morgan fingerprint density at radius 2 is 1.79 bits per heavy atom. The molecule has 4 rings (SSSR count). The summed E-state index contributed by atoms with van der Waals surface area (Å²) in [6.07, 6.45) is 1.55. The Morgan fingerprint density at radius 1 is 1.04 bits per heavy atom. The summed E-state index contributed by atoms with van der Waals surface area (Å²) in [6, 6.07) is 17.8. The van der Waals surface area contributed by atoms with Crippen molar-refractivity contribution >= 4 is 5.95 Å². The van der Waals surface area contributed by atoms with Gasteiger partial charge in [0.1, 0.15) is 12.1 Å². The predicted octanol–water partition coefficient (Wildman–Crippen LogP) is 2.37. The Hall–Kier alpha value is -2.86. The average Bonchev–Trinajstić information content (AvgIpc) is 3.10. The second-order valence-electron chi connectivity index (χ2n) is 5.86. The van der Waals surface area contributed by atoms with E-state index in [0.717, 1.165) is 22.8 Å². The second-order valence-corrected chi connectivity index (χ2v) is 5.86. The third-order valence-electron chi connectivity index (χ3n) is 4.49. The van der Waals surface area contributed by atoms with Crippen molar-refractivity contribution in [2.75, 3.05) is 12.4 Å². The number of methoxy groups -OCH3 is 1. The zero-order chi connectivity index (χ0) is 16.5. The van der Waals surface area contributed by atoms with Gasteiger partial charge in [0.25, 0.3) is 0 Å². The Morgan fingerprint density at radius 3 is 2.50 bits per heavy atom. The molecular weight excluding hydrogens is 302 g/mol. The summed E-state index contributed by atoms with van der Waals surface area (Å²) < 4.78 is 7.10. The zero-order valence-electron chi connectivity index (χ0n) is 13.3. The lowest BCUT2D eigenvalue weighted by atomic mass is 9.89. The molecule has 1 aromatic heterocycles. The van der Waals surface area contributed by atoms with Crippen LogP contribution < -0.4 is 15.8 Å². The largest absolute Gasteiger partial charge is 0.497 e. The van der Waals surface area contributed by atoms with E-state index >= 15 is 0 Å². The van der Waals surface area contributed by atoms with Gasteiger partial charge in [-0.15, -0.1) is 0 Å². The molecule has 122 valence electrons. The molecular formula is C18H19N5O. The molecule has 1 aliphatic heterocycles. The van der Waals surface area contributed by atoms with Gasteiger partial charge in [0.05, 0.1) is 25.2 Å². The van der Waals surface area contributed by atoms with Crippen LogP contribution in [-0.2, 0) is 0 Å². The molecule has 2 aromatic carbocycles. The number of anilines is 1. The minimum absolute atomic E-state index is 0.0324. The summed E-state index contributed by atoms with van der Waals surface area (Å²) in [4.78, 5) is 4.34. The first-order valence-corrected chi connectivity index (χ1v) is 7.88. The fourth-order valence-electron chi connectivity index (χ4n) is 3.27. The molecule has 3 N–H and O–H groups in total. The molecule has 6 heteroatoms. The van der Waals surface area contributed by atoms with E-state index in [2.05, 4.69) is 27.5 Å². The highest BCUT2D eigenvalue weighted by Crippen LogP contribution is 2.36. The Kier molecular flexibility index (Phi) is 3.66. The van der Waals surface area contributed by atoms with Gasteiger partial charge in [0, 0.05) is 0 Å². The number of nitrogens with zero attached hydrogens (tertiary/aromatic N) is 3. The number of benzene rings is 2. The molecule has 6 nitrogen and oxygen atoms in total. The van der Waals surface area contributed by atoms with Gasteiger partial charge in [-0.3, -0.25) is 0 Å². The van der Waals surface area contributed by atoms with Crippen LogP contribution >= 0.6 is 0 Å². The van der Waals surface area contributed by atoms with E-state index < -0.39 is 0 Å². The van der Waals surface area contributed by atoms with Crippen LogP contribution in [0.3, 0.4) is 0 Å². The SMILES string of the molecule is COc1ccc([C@@H]2[C@@H](N)[C@H](c3ccccc3)Nc3ncnn32)cc1. The maximum absolute atomic E-state index is 6.65. The van der Waals surface area contributed by atoms with Crippen LogP contribution in [0.2, 0.25) is 0 Å². The normalized spacial score (nSPS) is 22.5. The highest BCUT2D eigenvalue weighted by Gasteiger charge is 2.37. The first kappa shape index (κ1) is 14.7. The zero-order valence-corrected chi connectivity index (χ0v) is 13.3. The summed E-state index contributed by atoms with van der Waals surface area (Å²) in [7, 11) is 1.66. The lowest BCUT2D eigenvalue weighted by molar-refractivity contribution is 0.370. The summed E-state index contributed by atoms with van der Waals surface area (Å²) in [5.41, 5.74) is 8.87. The van der Waals surface area contributed by atoms with Crippen LogP contribution in [0.25, 0.3) is 0 Å². The Balaban J connectivity index is 1.77. The molecule has 0 fully saturated rings. The molecule has 0 bridgehead atoms. The van der Waals surface area contributed by atoms with Gasteiger partial charge in [-0.1, -0.05) is 42.5 Å². The Bertz CT molecular complexity index is 815. The smallest absolute Gasteiger partial charge is 0.222 e. The molecule has 0 spiro atoms. The summed E-state index contributed by atoms with van der Waals surface area (Å²) in [6.45, 7) is 0. The van der Waals surface area contributed by atoms with Crippen molar-refractivity contribution in [3.8, 4) is 5.75 Å². The monoisotopic (exact) mass is 321 g/mol.